The molecule has 6 nitrogen and oxygen atoms in total. The van der Waals surface area contributed by atoms with Crippen LogP contribution in [0.3, 0.4) is 0 Å². The maximum Gasteiger partial charge on any atom is 0.255 e. The normalized spacial score (nSPS) is 19.0. The molecule has 27 heavy (non-hydrogen) atoms. The van der Waals surface area contributed by atoms with Crippen LogP contribution in [0.4, 0.5) is 5.13 Å². The number of amides is 2. The molecule has 1 fully saturated rings. The van der Waals surface area contributed by atoms with Gasteiger partial charge in [-0.3, -0.25) is 14.9 Å². The van der Waals surface area contributed by atoms with Crippen LogP contribution < -0.4 is 5.32 Å². The Bertz CT molecular complexity index is 864. The topological polar surface area (TPSA) is 71.5 Å². The standard InChI is InChI=1S/C19H20ClN3O3S/c20-13-5-2-1-4-12(13)10-17(24)23-8-7-14-16(11-23)27-19(21-14)22-18(25)15-6-3-9-26-15/h1-2,4-5,15H,3,6-11H2,(H,21,22,25). The second-order valence-electron chi connectivity index (χ2n) is 6.71. The molecule has 1 saturated heterocycles. The number of rotatable bonds is 4. The van der Waals surface area contributed by atoms with Crippen LogP contribution in [0.25, 0.3) is 0 Å². The Labute approximate surface area is 166 Å². The predicted octanol–water partition coefficient (Wildman–Crippen LogP) is 3.04. The number of carbonyl (C=O) groups is 2. The first-order valence-electron chi connectivity index (χ1n) is 9.02. The number of aromatic nitrogens is 1. The van der Waals surface area contributed by atoms with Gasteiger partial charge in [0.2, 0.25) is 5.91 Å². The minimum absolute atomic E-state index is 0.0482. The molecule has 1 unspecified atom stereocenters. The molecule has 2 aliphatic heterocycles. The molecule has 1 atom stereocenters. The van der Waals surface area contributed by atoms with Gasteiger partial charge in [-0.05, 0) is 24.5 Å². The summed E-state index contributed by atoms with van der Waals surface area (Å²) in [5.41, 5.74) is 1.80. The third-order valence-corrected chi connectivity index (χ3v) is 6.20. The number of ether oxygens (including phenoxy) is 1. The van der Waals surface area contributed by atoms with Crippen molar-refractivity contribution in [3.8, 4) is 0 Å². The molecule has 8 heteroatoms. The average Bonchev–Trinajstić information content (AvgIpc) is 3.32. The van der Waals surface area contributed by atoms with E-state index < -0.39 is 0 Å². The summed E-state index contributed by atoms with van der Waals surface area (Å²) in [6.45, 7) is 1.78. The molecular weight excluding hydrogens is 386 g/mol. The Hall–Kier alpha value is -1.96. The summed E-state index contributed by atoms with van der Waals surface area (Å²) in [6, 6.07) is 7.41. The molecule has 0 spiro atoms. The highest BCUT2D eigenvalue weighted by molar-refractivity contribution is 7.15. The van der Waals surface area contributed by atoms with Crippen molar-refractivity contribution in [1.29, 1.82) is 0 Å². The number of hydrogen-bond acceptors (Lipinski definition) is 5. The molecule has 0 radical (unpaired) electrons. The van der Waals surface area contributed by atoms with Gasteiger partial charge in [0.05, 0.1) is 18.7 Å². The highest BCUT2D eigenvalue weighted by Crippen LogP contribution is 2.29. The van der Waals surface area contributed by atoms with E-state index in [9.17, 15) is 9.59 Å². The van der Waals surface area contributed by atoms with Crippen molar-refractivity contribution in [2.24, 2.45) is 0 Å². The second-order valence-corrected chi connectivity index (χ2v) is 8.20. The van der Waals surface area contributed by atoms with E-state index in [1.165, 1.54) is 11.3 Å². The number of thiazole rings is 1. The van der Waals surface area contributed by atoms with E-state index in [1.54, 1.807) is 6.07 Å². The third kappa shape index (κ3) is 4.15. The quantitative estimate of drug-likeness (QED) is 0.848. The van der Waals surface area contributed by atoms with Crippen molar-refractivity contribution < 1.29 is 14.3 Å². The lowest BCUT2D eigenvalue weighted by atomic mass is 10.1. The highest BCUT2D eigenvalue weighted by Gasteiger charge is 2.27. The van der Waals surface area contributed by atoms with Crippen LogP contribution in [-0.4, -0.2) is 41.0 Å². The molecule has 1 aromatic carbocycles. The van der Waals surface area contributed by atoms with Crippen molar-refractivity contribution >= 4 is 39.9 Å². The van der Waals surface area contributed by atoms with Gasteiger partial charge in [0.1, 0.15) is 6.10 Å². The van der Waals surface area contributed by atoms with E-state index in [0.29, 0.717) is 36.3 Å². The van der Waals surface area contributed by atoms with Crippen LogP contribution >= 0.6 is 22.9 Å². The fourth-order valence-corrected chi connectivity index (χ4v) is 4.58. The summed E-state index contributed by atoms with van der Waals surface area (Å²) in [4.78, 5) is 32.2. The van der Waals surface area contributed by atoms with Crippen molar-refractivity contribution in [2.75, 3.05) is 18.5 Å². The Balaban J connectivity index is 1.39. The molecule has 2 aromatic rings. The van der Waals surface area contributed by atoms with Crippen molar-refractivity contribution in [2.45, 2.75) is 38.3 Å². The van der Waals surface area contributed by atoms with Crippen LogP contribution in [0.5, 0.6) is 0 Å². The maximum absolute atomic E-state index is 12.7. The Morgan fingerprint density at radius 2 is 2.22 bits per heavy atom. The fraction of sp³-hybridized carbons (Fsp3) is 0.421. The SMILES string of the molecule is O=C(Nc1nc2c(s1)CN(C(=O)Cc1ccccc1Cl)CC2)C1CCCO1. The van der Waals surface area contributed by atoms with Gasteiger partial charge in [0.25, 0.3) is 5.91 Å². The number of nitrogens with zero attached hydrogens (tertiary/aromatic N) is 2. The second kappa shape index (κ2) is 7.96. The number of halogens is 1. The van der Waals surface area contributed by atoms with Crippen LogP contribution in [0.15, 0.2) is 24.3 Å². The van der Waals surface area contributed by atoms with Gasteiger partial charge >= 0.3 is 0 Å². The number of carbonyl (C=O) groups excluding carboxylic acids is 2. The molecule has 4 rings (SSSR count). The first-order chi connectivity index (χ1) is 13.1. The zero-order chi connectivity index (χ0) is 18.8. The van der Waals surface area contributed by atoms with Gasteiger partial charge in [-0.25, -0.2) is 4.98 Å². The van der Waals surface area contributed by atoms with Gasteiger partial charge in [0, 0.05) is 29.5 Å². The van der Waals surface area contributed by atoms with Crippen LogP contribution in [0.1, 0.15) is 29.0 Å². The summed E-state index contributed by atoms with van der Waals surface area (Å²) >= 11 is 7.60. The van der Waals surface area contributed by atoms with Gasteiger partial charge in [-0.2, -0.15) is 0 Å². The summed E-state index contributed by atoms with van der Waals surface area (Å²) in [7, 11) is 0. The number of anilines is 1. The number of fused-ring (bicyclic) bond motifs is 1. The first kappa shape index (κ1) is 18.4. The monoisotopic (exact) mass is 405 g/mol. The first-order valence-corrected chi connectivity index (χ1v) is 10.2. The molecule has 142 valence electrons. The lowest BCUT2D eigenvalue weighted by molar-refractivity contribution is -0.131. The molecular formula is C19H20ClN3O3S. The molecule has 1 aromatic heterocycles. The lowest BCUT2D eigenvalue weighted by Crippen LogP contribution is -2.36. The summed E-state index contributed by atoms with van der Waals surface area (Å²) < 4.78 is 5.40. The Kier molecular flexibility index (Phi) is 5.43. The molecule has 0 aliphatic carbocycles. The zero-order valence-corrected chi connectivity index (χ0v) is 16.3. The predicted molar refractivity (Wildman–Crippen MR) is 104 cm³/mol. The average molecular weight is 406 g/mol. The number of nitrogens with one attached hydrogen (secondary N) is 1. The number of benzene rings is 1. The van der Waals surface area contributed by atoms with Crippen molar-refractivity contribution in [1.82, 2.24) is 9.88 Å². The molecule has 0 bridgehead atoms. The van der Waals surface area contributed by atoms with Crippen LogP contribution in [-0.2, 0) is 33.7 Å². The van der Waals surface area contributed by atoms with E-state index in [4.69, 9.17) is 16.3 Å². The van der Waals surface area contributed by atoms with E-state index in [0.717, 1.165) is 29.0 Å². The minimum atomic E-state index is -0.375. The zero-order valence-electron chi connectivity index (χ0n) is 14.7. The minimum Gasteiger partial charge on any atom is -0.368 e. The lowest BCUT2D eigenvalue weighted by Gasteiger charge is -2.26. The van der Waals surface area contributed by atoms with Crippen LogP contribution in [0.2, 0.25) is 5.02 Å². The molecule has 2 aliphatic rings. The molecule has 0 saturated carbocycles. The van der Waals surface area contributed by atoms with Gasteiger partial charge in [-0.1, -0.05) is 41.1 Å². The summed E-state index contributed by atoms with van der Waals surface area (Å²) in [5, 5.41) is 4.05. The molecule has 3 heterocycles. The smallest absolute Gasteiger partial charge is 0.255 e. The van der Waals surface area contributed by atoms with Crippen molar-refractivity contribution in [3.63, 3.8) is 0 Å². The van der Waals surface area contributed by atoms with Gasteiger partial charge in [0.15, 0.2) is 5.13 Å². The number of hydrogen-bond donors (Lipinski definition) is 1. The molecule has 1 N–H and O–H groups in total. The largest absolute Gasteiger partial charge is 0.368 e. The Morgan fingerprint density at radius 3 is 3.00 bits per heavy atom. The van der Waals surface area contributed by atoms with Crippen molar-refractivity contribution in [3.05, 3.63) is 45.4 Å². The Morgan fingerprint density at radius 1 is 1.37 bits per heavy atom. The fourth-order valence-electron chi connectivity index (χ4n) is 3.35. The van der Waals surface area contributed by atoms with Crippen LogP contribution in [0, 0.1) is 0 Å². The van der Waals surface area contributed by atoms with Gasteiger partial charge < -0.3 is 9.64 Å². The third-order valence-electron chi connectivity index (χ3n) is 4.84. The maximum atomic E-state index is 12.7. The summed E-state index contributed by atoms with van der Waals surface area (Å²) in [6.07, 6.45) is 2.27. The van der Waals surface area contributed by atoms with Gasteiger partial charge in [-0.15, -0.1) is 0 Å². The molecule has 2 amide bonds. The summed E-state index contributed by atoms with van der Waals surface area (Å²) in [5.74, 6) is -0.0858. The van der Waals surface area contributed by atoms with E-state index in [-0.39, 0.29) is 24.3 Å². The highest BCUT2D eigenvalue weighted by atomic mass is 35.5. The van der Waals surface area contributed by atoms with E-state index in [2.05, 4.69) is 10.3 Å². The van der Waals surface area contributed by atoms with E-state index in [1.807, 2.05) is 23.1 Å². The van der Waals surface area contributed by atoms with E-state index >= 15 is 0 Å².